The van der Waals surface area contributed by atoms with Crippen LogP contribution in [0.3, 0.4) is 0 Å². The third-order valence-electron chi connectivity index (χ3n) is 3.83. The molecule has 0 aliphatic carbocycles. The largest absolute Gasteiger partial charge is 0.465 e. The molecular formula is C17H22N2O2. The maximum Gasteiger partial charge on any atom is 0.404 e. The second-order valence-corrected chi connectivity index (χ2v) is 5.57. The predicted octanol–water partition coefficient (Wildman–Crippen LogP) is 3.60. The molecule has 112 valence electrons. The fraction of sp³-hybridized carbons (Fsp3) is 0.353. The van der Waals surface area contributed by atoms with Crippen LogP contribution in [0.25, 0.3) is 5.69 Å². The van der Waals surface area contributed by atoms with Gasteiger partial charge in [0, 0.05) is 23.1 Å². The highest BCUT2D eigenvalue weighted by Gasteiger charge is 2.12. The van der Waals surface area contributed by atoms with Gasteiger partial charge in [0.2, 0.25) is 0 Å². The number of aromatic nitrogens is 1. The minimum Gasteiger partial charge on any atom is -0.465 e. The van der Waals surface area contributed by atoms with Gasteiger partial charge in [0.15, 0.2) is 0 Å². The van der Waals surface area contributed by atoms with E-state index < -0.39 is 6.09 Å². The first kappa shape index (κ1) is 15.2. The second-order valence-electron chi connectivity index (χ2n) is 5.57. The Balaban J connectivity index is 2.35. The lowest BCUT2D eigenvalue weighted by Crippen LogP contribution is -2.32. The number of rotatable bonds is 4. The van der Waals surface area contributed by atoms with E-state index in [1.54, 1.807) is 0 Å². The van der Waals surface area contributed by atoms with Crippen molar-refractivity contribution in [3.8, 4) is 5.69 Å². The van der Waals surface area contributed by atoms with Crippen molar-refractivity contribution in [1.82, 2.24) is 9.88 Å². The molecule has 21 heavy (non-hydrogen) atoms. The Morgan fingerprint density at radius 1 is 1.19 bits per heavy atom. The lowest BCUT2D eigenvalue weighted by molar-refractivity contribution is 0.190. The number of nitrogens with one attached hydrogen (secondary N) is 1. The molecule has 2 aromatic rings. The zero-order valence-electron chi connectivity index (χ0n) is 13.0. The molecule has 1 heterocycles. The highest BCUT2D eigenvalue weighted by atomic mass is 16.4. The number of nitrogens with zero attached hydrogens (tertiary/aromatic N) is 1. The lowest BCUT2D eigenvalue weighted by Gasteiger charge is -2.18. The fourth-order valence-corrected chi connectivity index (χ4v) is 2.77. The van der Waals surface area contributed by atoms with Crippen molar-refractivity contribution in [2.75, 3.05) is 0 Å². The van der Waals surface area contributed by atoms with Gasteiger partial charge in [-0.05, 0) is 63.4 Å². The summed E-state index contributed by atoms with van der Waals surface area (Å²) in [5.74, 6) is 0. The topological polar surface area (TPSA) is 54.3 Å². The summed E-state index contributed by atoms with van der Waals surface area (Å²) in [4.78, 5) is 10.7. The molecule has 4 heteroatoms. The quantitative estimate of drug-likeness (QED) is 0.902. The zero-order valence-corrected chi connectivity index (χ0v) is 13.0. The molecule has 0 spiro atoms. The molecule has 1 aromatic carbocycles. The van der Waals surface area contributed by atoms with Gasteiger partial charge >= 0.3 is 6.09 Å². The molecule has 0 unspecified atom stereocenters. The van der Waals surface area contributed by atoms with E-state index in [2.05, 4.69) is 54.9 Å². The first-order valence-corrected chi connectivity index (χ1v) is 7.13. The monoisotopic (exact) mass is 286 g/mol. The van der Waals surface area contributed by atoms with Crippen molar-refractivity contribution in [3.05, 3.63) is 52.8 Å². The van der Waals surface area contributed by atoms with Crippen LogP contribution in [0.1, 0.15) is 29.4 Å². The molecule has 0 aliphatic rings. The van der Waals surface area contributed by atoms with Crippen LogP contribution >= 0.6 is 0 Å². The van der Waals surface area contributed by atoms with Gasteiger partial charge in [-0.2, -0.15) is 0 Å². The van der Waals surface area contributed by atoms with Crippen LogP contribution in [0.4, 0.5) is 4.79 Å². The Labute approximate surface area is 125 Å². The molecular weight excluding hydrogens is 264 g/mol. The maximum absolute atomic E-state index is 10.7. The standard InChI is InChI=1S/C17H22N2O2/c1-11(18-17(20)21)10-15-6-5-7-16(14(15)4)19-12(2)8-9-13(19)3/h5-9,11,18H,10H2,1-4H3,(H,20,21)/t11-/m1/s1. The van der Waals surface area contributed by atoms with Gasteiger partial charge < -0.3 is 15.0 Å². The molecule has 0 fully saturated rings. The summed E-state index contributed by atoms with van der Waals surface area (Å²) < 4.78 is 2.23. The molecule has 0 radical (unpaired) electrons. The van der Waals surface area contributed by atoms with Gasteiger partial charge in [0.25, 0.3) is 0 Å². The van der Waals surface area contributed by atoms with Gasteiger partial charge in [0.1, 0.15) is 0 Å². The van der Waals surface area contributed by atoms with Crippen molar-refractivity contribution in [1.29, 1.82) is 0 Å². The van der Waals surface area contributed by atoms with Gasteiger partial charge in [-0.25, -0.2) is 4.79 Å². The molecule has 0 aliphatic heterocycles. The van der Waals surface area contributed by atoms with Crippen molar-refractivity contribution in [2.24, 2.45) is 0 Å². The van der Waals surface area contributed by atoms with Gasteiger partial charge in [0.05, 0.1) is 0 Å². The number of amides is 1. The van der Waals surface area contributed by atoms with E-state index in [-0.39, 0.29) is 6.04 Å². The Morgan fingerprint density at radius 3 is 2.38 bits per heavy atom. The summed E-state index contributed by atoms with van der Waals surface area (Å²) in [7, 11) is 0. The van der Waals surface area contributed by atoms with Crippen LogP contribution in [0.15, 0.2) is 30.3 Å². The summed E-state index contributed by atoms with van der Waals surface area (Å²) in [5, 5.41) is 11.3. The van der Waals surface area contributed by atoms with Crippen LogP contribution in [-0.4, -0.2) is 21.8 Å². The molecule has 4 nitrogen and oxygen atoms in total. The smallest absolute Gasteiger partial charge is 0.404 e. The first-order chi connectivity index (χ1) is 9.90. The van der Waals surface area contributed by atoms with E-state index in [9.17, 15) is 4.79 Å². The number of carbonyl (C=O) groups is 1. The molecule has 1 atom stereocenters. The number of hydrogen-bond acceptors (Lipinski definition) is 1. The summed E-state index contributed by atoms with van der Waals surface area (Å²) in [5.41, 5.74) is 5.92. The first-order valence-electron chi connectivity index (χ1n) is 7.13. The van der Waals surface area contributed by atoms with Gasteiger partial charge in [-0.15, -0.1) is 0 Å². The Hall–Kier alpha value is -2.23. The maximum atomic E-state index is 10.7. The Bertz CT molecular complexity index is 639. The third kappa shape index (κ3) is 3.27. The van der Waals surface area contributed by atoms with Crippen molar-refractivity contribution in [3.63, 3.8) is 0 Å². The Kier molecular flexibility index (Phi) is 4.36. The van der Waals surface area contributed by atoms with Gasteiger partial charge in [-0.1, -0.05) is 12.1 Å². The van der Waals surface area contributed by atoms with Crippen LogP contribution in [0, 0.1) is 20.8 Å². The second kappa shape index (κ2) is 6.04. The average Bonchev–Trinajstić information content (AvgIpc) is 2.71. The van der Waals surface area contributed by atoms with Crippen LogP contribution in [0.2, 0.25) is 0 Å². The molecule has 2 rings (SSSR count). The van der Waals surface area contributed by atoms with Gasteiger partial charge in [-0.3, -0.25) is 0 Å². The Morgan fingerprint density at radius 2 is 1.81 bits per heavy atom. The average molecular weight is 286 g/mol. The number of benzene rings is 1. The third-order valence-corrected chi connectivity index (χ3v) is 3.83. The fourth-order valence-electron chi connectivity index (χ4n) is 2.77. The number of carboxylic acid groups (broad SMARTS) is 1. The summed E-state index contributed by atoms with van der Waals surface area (Å²) in [6.45, 7) is 8.16. The van der Waals surface area contributed by atoms with Crippen molar-refractivity contribution < 1.29 is 9.90 Å². The van der Waals surface area contributed by atoms with E-state index in [0.29, 0.717) is 6.42 Å². The number of hydrogen-bond donors (Lipinski definition) is 2. The lowest BCUT2D eigenvalue weighted by atomic mass is 10.00. The summed E-state index contributed by atoms with van der Waals surface area (Å²) in [6, 6.07) is 10.3. The van der Waals surface area contributed by atoms with E-state index in [1.807, 2.05) is 13.0 Å². The molecule has 0 bridgehead atoms. The van der Waals surface area contributed by atoms with E-state index in [0.717, 1.165) is 5.69 Å². The van der Waals surface area contributed by atoms with Crippen molar-refractivity contribution >= 4 is 6.09 Å². The summed E-state index contributed by atoms with van der Waals surface area (Å²) in [6.07, 6.45) is -0.292. The van der Waals surface area contributed by atoms with E-state index in [4.69, 9.17) is 5.11 Å². The predicted molar refractivity (Wildman–Crippen MR) is 84.3 cm³/mol. The van der Waals surface area contributed by atoms with Crippen LogP contribution < -0.4 is 5.32 Å². The van der Waals surface area contributed by atoms with E-state index >= 15 is 0 Å². The molecule has 2 N–H and O–H groups in total. The highest BCUT2D eigenvalue weighted by Crippen LogP contribution is 2.23. The minimum atomic E-state index is -0.978. The normalized spacial score (nSPS) is 12.2. The number of aryl methyl sites for hydroxylation is 2. The van der Waals surface area contributed by atoms with E-state index in [1.165, 1.54) is 22.5 Å². The molecule has 0 saturated heterocycles. The minimum absolute atomic E-state index is 0.108. The van der Waals surface area contributed by atoms with Crippen LogP contribution in [0.5, 0.6) is 0 Å². The van der Waals surface area contributed by atoms with Crippen molar-refractivity contribution in [2.45, 2.75) is 40.2 Å². The molecule has 1 amide bonds. The summed E-state index contributed by atoms with van der Waals surface area (Å²) >= 11 is 0. The SMILES string of the molecule is Cc1c(C[C@@H](C)NC(=O)O)cccc1-n1c(C)ccc1C. The molecule has 0 saturated carbocycles. The molecule has 1 aromatic heterocycles. The zero-order chi connectivity index (χ0) is 15.6. The highest BCUT2D eigenvalue weighted by molar-refractivity contribution is 5.64. The van der Waals surface area contributed by atoms with Crippen LogP contribution in [-0.2, 0) is 6.42 Å².